The molecule has 0 spiro atoms. The van der Waals surface area contributed by atoms with Crippen molar-refractivity contribution >= 4 is 34.6 Å². The van der Waals surface area contributed by atoms with E-state index in [1.54, 1.807) is 12.3 Å². The lowest BCUT2D eigenvalue weighted by Gasteiger charge is -2.17. The molecule has 0 radical (unpaired) electrons. The number of oxazole rings is 1. The van der Waals surface area contributed by atoms with Crippen LogP contribution in [0.4, 0.5) is 5.69 Å². The van der Waals surface area contributed by atoms with E-state index in [-0.39, 0.29) is 11.2 Å². The Morgan fingerprint density at radius 1 is 1.15 bits per heavy atom. The number of thioether (sulfide) groups is 1. The molecule has 1 atom stereocenters. The van der Waals surface area contributed by atoms with Crippen LogP contribution in [-0.2, 0) is 17.6 Å². The summed E-state index contributed by atoms with van der Waals surface area (Å²) in [6.07, 6.45) is 4.12. The molecule has 6 heteroatoms. The Morgan fingerprint density at radius 2 is 1.88 bits per heavy atom. The zero-order valence-corrected chi connectivity index (χ0v) is 16.1. The van der Waals surface area contributed by atoms with Gasteiger partial charge in [0.05, 0.1) is 5.25 Å². The summed E-state index contributed by atoms with van der Waals surface area (Å²) >= 11 is 1.34. The van der Waals surface area contributed by atoms with Crippen LogP contribution in [-0.4, -0.2) is 21.1 Å². The van der Waals surface area contributed by atoms with Gasteiger partial charge in [-0.05, 0) is 42.5 Å². The van der Waals surface area contributed by atoms with Crippen molar-refractivity contribution in [2.45, 2.75) is 50.5 Å². The van der Waals surface area contributed by atoms with E-state index in [9.17, 15) is 4.79 Å². The lowest BCUT2D eigenvalue weighted by molar-refractivity contribution is -0.115. The molecule has 2 heterocycles. The van der Waals surface area contributed by atoms with Crippen molar-refractivity contribution in [1.29, 1.82) is 0 Å². The minimum atomic E-state index is -0.280. The monoisotopic (exact) mass is 369 g/mol. The summed E-state index contributed by atoms with van der Waals surface area (Å²) in [5, 5.41) is 3.33. The summed E-state index contributed by atoms with van der Waals surface area (Å²) in [4.78, 5) is 21.4. The average molecular weight is 369 g/mol. The highest BCUT2D eigenvalue weighted by Crippen LogP contribution is 2.29. The molecular weight excluding hydrogens is 346 g/mol. The van der Waals surface area contributed by atoms with Crippen LogP contribution in [0.2, 0.25) is 0 Å². The number of aryl methyl sites for hydroxylation is 2. The molecular formula is C20H23N3O2S. The lowest BCUT2D eigenvalue weighted by Crippen LogP contribution is -2.25. The molecule has 0 aliphatic heterocycles. The highest BCUT2D eigenvalue weighted by Gasteiger charge is 2.22. The van der Waals surface area contributed by atoms with E-state index < -0.39 is 0 Å². The van der Waals surface area contributed by atoms with Gasteiger partial charge in [0.25, 0.3) is 5.22 Å². The second-order valence-corrected chi connectivity index (χ2v) is 7.12. The maximum Gasteiger partial charge on any atom is 0.259 e. The normalized spacial score (nSPS) is 12.3. The molecule has 0 unspecified atom stereocenters. The van der Waals surface area contributed by atoms with E-state index in [0.717, 1.165) is 29.7 Å². The van der Waals surface area contributed by atoms with E-state index in [0.29, 0.717) is 22.9 Å². The van der Waals surface area contributed by atoms with E-state index in [1.807, 2.05) is 19.1 Å². The van der Waals surface area contributed by atoms with Gasteiger partial charge in [-0.3, -0.25) is 4.79 Å². The largest absolute Gasteiger partial charge is 0.430 e. The standard InChI is InChI=1S/C20H23N3O2S/c1-4-13-9-7-10-14(5-2)17(13)22-19(24)16(6-3)26-20-23-18-15(25-20)11-8-12-21-18/h7-12,16H,4-6H2,1-3H3,(H,22,24)/t16-/m0/s1. The smallest absolute Gasteiger partial charge is 0.259 e. The van der Waals surface area contributed by atoms with Gasteiger partial charge in [-0.15, -0.1) is 0 Å². The number of nitrogens with one attached hydrogen (secondary N) is 1. The first-order valence-electron chi connectivity index (χ1n) is 8.96. The Bertz CT molecular complexity index is 852. The molecule has 26 heavy (non-hydrogen) atoms. The zero-order chi connectivity index (χ0) is 18.5. The summed E-state index contributed by atoms with van der Waals surface area (Å²) < 4.78 is 5.70. The molecule has 0 fully saturated rings. The number of anilines is 1. The van der Waals surface area contributed by atoms with Crippen molar-refractivity contribution < 1.29 is 9.21 Å². The number of aromatic nitrogens is 2. The molecule has 3 rings (SSSR count). The van der Waals surface area contributed by atoms with Crippen LogP contribution in [0.5, 0.6) is 0 Å². The van der Waals surface area contributed by atoms with Crippen molar-refractivity contribution in [3.05, 3.63) is 47.7 Å². The second-order valence-electron chi connectivity index (χ2n) is 5.97. The molecule has 2 aromatic heterocycles. The number of carbonyl (C=O) groups is 1. The van der Waals surface area contributed by atoms with Crippen molar-refractivity contribution in [3.63, 3.8) is 0 Å². The Labute approximate surface area is 157 Å². The molecule has 0 aliphatic carbocycles. The molecule has 0 aliphatic rings. The van der Waals surface area contributed by atoms with E-state index in [1.165, 1.54) is 11.8 Å². The van der Waals surface area contributed by atoms with Crippen LogP contribution in [0.15, 0.2) is 46.2 Å². The fourth-order valence-corrected chi connectivity index (χ4v) is 3.70. The third-order valence-electron chi connectivity index (χ3n) is 4.30. The first-order chi connectivity index (χ1) is 12.7. The number of carbonyl (C=O) groups excluding carboxylic acids is 1. The third-order valence-corrected chi connectivity index (χ3v) is 5.51. The summed E-state index contributed by atoms with van der Waals surface area (Å²) in [6, 6.07) is 9.81. The highest BCUT2D eigenvalue weighted by molar-refractivity contribution is 8.00. The molecule has 0 bridgehead atoms. The van der Waals surface area contributed by atoms with E-state index in [4.69, 9.17) is 4.42 Å². The van der Waals surface area contributed by atoms with Crippen LogP contribution in [0.3, 0.4) is 0 Å². The van der Waals surface area contributed by atoms with Gasteiger partial charge in [0.15, 0.2) is 11.2 Å². The number of hydrogen-bond donors (Lipinski definition) is 1. The van der Waals surface area contributed by atoms with Crippen LogP contribution in [0.25, 0.3) is 11.2 Å². The number of hydrogen-bond acceptors (Lipinski definition) is 5. The van der Waals surface area contributed by atoms with Gasteiger partial charge in [0.2, 0.25) is 5.91 Å². The van der Waals surface area contributed by atoms with E-state index in [2.05, 4.69) is 41.3 Å². The number of para-hydroxylation sites is 1. The van der Waals surface area contributed by atoms with Crippen molar-refractivity contribution in [1.82, 2.24) is 9.97 Å². The SMILES string of the molecule is CCc1cccc(CC)c1NC(=O)[C@H](CC)Sc1nc2ncccc2o1. The molecule has 0 saturated carbocycles. The van der Waals surface area contributed by atoms with Crippen LogP contribution < -0.4 is 5.32 Å². The number of amides is 1. The number of fused-ring (bicyclic) bond motifs is 1. The van der Waals surface area contributed by atoms with Gasteiger partial charge >= 0.3 is 0 Å². The van der Waals surface area contributed by atoms with Gasteiger partial charge in [-0.2, -0.15) is 4.98 Å². The van der Waals surface area contributed by atoms with Gasteiger partial charge in [-0.1, -0.05) is 50.7 Å². The lowest BCUT2D eigenvalue weighted by atomic mass is 10.0. The summed E-state index contributed by atoms with van der Waals surface area (Å²) in [6.45, 7) is 6.19. The zero-order valence-electron chi connectivity index (χ0n) is 15.3. The average Bonchev–Trinajstić information content (AvgIpc) is 3.08. The molecule has 5 nitrogen and oxygen atoms in total. The van der Waals surface area contributed by atoms with Crippen LogP contribution in [0.1, 0.15) is 38.3 Å². The Morgan fingerprint density at radius 3 is 2.50 bits per heavy atom. The van der Waals surface area contributed by atoms with Gasteiger partial charge in [0.1, 0.15) is 0 Å². The number of pyridine rings is 1. The minimum Gasteiger partial charge on any atom is -0.430 e. The molecule has 1 N–H and O–H groups in total. The molecule has 1 aromatic carbocycles. The topological polar surface area (TPSA) is 68.0 Å². The first-order valence-corrected chi connectivity index (χ1v) is 9.84. The van der Waals surface area contributed by atoms with Crippen molar-refractivity contribution in [2.75, 3.05) is 5.32 Å². The first kappa shape index (κ1) is 18.5. The van der Waals surface area contributed by atoms with Gasteiger partial charge in [0, 0.05) is 11.9 Å². The van der Waals surface area contributed by atoms with Crippen LogP contribution >= 0.6 is 11.8 Å². The van der Waals surface area contributed by atoms with Gasteiger partial charge in [-0.25, -0.2) is 4.98 Å². The minimum absolute atomic E-state index is 0.0247. The third kappa shape index (κ3) is 3.90. The predicted octanol–water partition coefficient (Wildman–Crippen LogP) is 4.86. The molecule has 0 saturated heterocycles. The maximum absolute atomic E-state index is 12.9. The van der Waals surface area contributed by atoms with E-state index >= 15 is 0 Å². The van der Waals surface area contributed by atoms with Gasteiger partial charge < -0.3 is 9.73 Å². The fraction of sp³-hybridized carbons (Fsp3) is 0.350. The highest BCUT2D eigenvalue weighted by atomic mass is 32.2. The van der Waals surface area contributed by atoms with Crippen molar-refractivity contribution in [3.8, 4) is 0 Å². The fourth-order valence-electron chi connectivity index (χ4n) is 2.85. The Balaban J connectivity index is 1.79. The Hall–Kier alpha value is -2.34. The number of benzene rings is 1. The number of rotatable bonds is 7. The quantitative estimate of drug-likeness (QED) is 0.603. The summed E-state index contributed by atoms with van der Waals surface area (Å²) in [7, 11) is 0. The maximum atomic E-state index is 12.9. The number of nitrogens with zero attached hydrogens (tertiary/aromatic N) is 2. The summed E-state index contributed by atoms with van der Waals surface area (Å²) in [5.74, 6) is -0.0247. The predicted molar refractivity (Wildman–Crippen MR) is 106 cm³/mol. The summed E-state index contributed by atoms with van der Waals surface area (Å²) in [5.41, 5.74) is 4.46. The molecule has 3 aromatic rings. The van der Waals surface area contributed by atoms with Crippen LogP contribution in [0, 0.1) is 0 Å². The Kier molecular flexibility index (Phi) is 5.93. The molecule has 1 amide bonds. The molecule has 136 valence electrons. The van der Waals surface area contributed by atoms with Crippen molar-refractivity contribution in [2.24, 2.45) is 0 Å². The second kappa shape index (κ2) is 8.36.